The van der Waals surface area contributed by atoms with Gasteiger partial charge >= 0.3 is 0 Å². The van der Waals surface area contributed by atoms with E-state index >= 15 is 0 Å². The molecule has 0 amide bonds. The zero-order valence-electron chi connectivity index (χ0n) is 12.1. The van der Waals surface area contributed by atoms with Crippen LogP contribution in [-0.2, 0) is 16.4 Å². The van der Waals surface area contributed by atoms with Crippen molar-refractivity contribution < 1.29 is 8.42 Å². The lowest BCUT2D eigenvalue weighted by molar-refractivity contribution is 0.600. The van der Waals surface area contributed by atoms with Crippen molar-refractivity contribution in [3.63, 3.8) is 0 Å². The van der Waals surface area contributed by atoms with E-state index in [1.807, 2.05) is 25.1 Å². The van der Waals surface area contributed by atoms with Crippen molar-refractivity contribution in [2.24, 2.45) is 0 Å². The normalized spacial score (nSPS) is 11.4. The van der Waals surface area contributed by atoms with E-state index in [0.29, 0.717) is 16.5 Å². The van der Waals surface area contributed by atoms with Gasteiger partial charge in [-0.3, -0.25) is 4.72 Å². The second kappa shape index (κ2) is 6.50. The summed E-state index contributed by atoms with van der Waals surface area (Å²) in [7, 11) is -3.56. The average molecular weight is 324 g/mol. The van der Waals surface area contributed by atoms with E-state index in [9.17, 15) is 8.42 Å². The number of benzene rings is 2. The van der Waals surface area contributed by atoms with Crippen molar-refractivity contribution in [1.82, 2.24) is 0 Å². The number of hydrogen-bond acceptors (Lipinski definition) is 2. The second-order valence-corrected chi connectivity index (χ2v) is 7.04. The van der Waals surface area contributed by atoms with Gasteiger partial charge in [-0.1, -0.05) is 29.8 Å². The minimum absolute atomic E-state index is 0.304. The summed E-state index contributed by atoms with van der Waals surface area (Å²) in [5.74, 6) is 0.549. The summed E-state index contributed by atoms with van der Waals surface area (Å²) in [4.78, 5) is 0.304. The molecule has 0 fully saturated rings. The second-order valence-electron chi connectivity index (χ2n) is 5.01. The van der Waals surface area contributed by atoms with Crippen molar-refractivity contribution in [3.8, 4) is 0 Å². The first-order valence-electron chi connectivity index (χ1n) is 6.67. The largest absolute Gasteiger partial charge is 0.280 e. The first-order valence-corrected chi connectivity index (χ1v) is 8.69. The molecule has 0 unspecified atom stereocenters. The number of sulfonamides is 1. The molecule has 0 saturated carbocycles. The molecule has 21 heavy (non-hydrogen) atoms. The van der Waals surface area contributed by atoms with Crippen LogP contribution in [0.25, 0.3) is 0 Å². The van der Waals surface area contributed by atoms with Crippen LogP contribution in [0.4, 0.5) is 5.69 Å². The molecule has 112 valence electrons. The average Bonchev–Trinajstić information content (AvgIpc) is 2.40. The molecule has 2 rings (SSSR count). The molecule has 0 atom stereocenters. The van der Waals surface area contributed by atoms with Crippen molar-refractivity contribution >= 4 is 27.3 Å². The Morgan fingerprint density at radius 2 is 1.71 bits per heavy atom. The Morgan fingerprint density at radius 3 is 2.29 bits per heavy atom. The third kappa shape index (κ3) is 3.99. The molecule has 0 heterocycles. The highest BCUT2D eigenvalue weighted by Gasteiger charge is 2.16. The lowest BCUT2D eigenvalue weighted by Gasteiger charge is -2.11. The van der Waals surface area contributed by atoms with Gasteiger partial charge in [0, 0.05) is 11.6 Å². The van der Waals surface area contributed by atoms with Crippen LogP contribution in [0.5, 0.6) is 0 Å². The van der Waals surface area contributed by atoms with Crippen molar-refractivity contribution in [2.75, 3.05) is 10.6 Å². The third-order valence-corrected chi connectivity index (χ3v) is 4.94. The van der Waals surface area contributed by atoms with E-state index in [1.54, 1.807) is 31.2 Å². The number of nitrogens with one attached hydrogen (secondary N) is 1. The first kappa shape index (κ1) is 15.9. The first-order chi connectivity index (χ1) is 9.92. The molecule has 0 aliphatic heterocycles. The van der Waals surface area contributed by atoms with Gasteiger partial charge in [0.2, 0.25) is 0 Å². The van der Waals surface area contributed by atoms with E-state index in [1.165, 1.54) is 0 Å². The molecule has 0 saturated heterocycles. The lowest BCUT2D eigenvalue weighted by Crippen LogP contribution is -2.14. The predicted molar refractivity (Wildman–Crippen MR) is 87.6 cm³/mol. The highest BCUT2D eigenvalue weighted by molar-refractivity contribution is 7.92. The Labute approximate surface area is 131 Å². The molecule has 0 aromatic heterocycles. The van der Waals surface area contributed by atoms with Crippen LogP contribution in [0, 0.1) is 13.8 Å². The summed E-state index contributed by atoms with van der Waals surface area (Å²) in [5, 5.41) is 0. The highest BCUT2D eigenvalue weighted by atomic mass is 35.5. The van der Waals surface area contributed by atoms with Gasteiger partial charge in [0.05, 0.1) is 4.90 Å². The lowest BCUT2D eigenvalue weighted by atomic mass is 10.2. The van der Waals surface area contributed by atoms with E-state index < -0.39 is 10.0 Å². The van der Waals surface area contributed by atoms with Crippen molar-refractivity contribution in [3.05, 3.63) is 59.2 Å². The number of alkyl halides is 1. The maximum absolute atomic E-state index is 12.4. The fourth-order valence-electron chi connectivity index (χ4n) is 2.16. The minimum atomic E-state index is -3.56. The van der Waals surface area contributed by atoms with Gasteiger partial charge in [0.15, 0.2) is 0 Å². The zero-order chi connectivity index (χ0) is 15.5. The van der Waals surface area contributed by atoms with Crippen LogP contribution in [0.15, 0.2) is 47.4 Å². The summed E-state index contributed by atoms with van der Waals surface area (Å²) in [6.45, 7) is 3.73. The smallest absolute Gasteiger partial charge is 0.262 e. The Balaban J connectivity index is 2.24. The summed E-state index contributed by atoms with van der Waals surface area (Å²) in [6.07, 6.45) is 0.769. The molecular weight excluding hydrogens is 306 g/mol. The molecule has 3 nitrogen and oxygen atoms in total. The van der Waals surface area contributed by atoms with Crippen LogP contribution in [0.1, 0.15) is 16.7 Å². The fourth-order valence-corrected chi connectivity index (χ4v) is 3.66. The maximum Gasteiger partial charge on any atom is 0.262 e. The summed E-state index contributed by atoms with van der Waals surface area (Å²) < 4.78 is 27.4. The molecule has 2 aromatic carbocycles. The van der Waals surface area contributed by atoms with Crippen molar-refractivity contribution in [1.29, 1.82) is 0 Å². The van der Waals surface area contributed by atoms with Crippen LogP contribution in [-0.4, -0.2) is 14.3 Å². The summed E-state index contributed by atoms with van der Waals surface area (Å²) >= 11 is 5.68. The standard InChI is InChI=1S/C16H18ClNO2S/c1-12-3-8-16(13(2)11-12)21(19,20)18-15-6-4-14(5-7-15)9-10-17/h3-8,11,18H,9-10H2,1-2H3. The van der Waals surface area contributed by atoms with E-state index in [2.05, 4.69) is 4.72 Å². The van der Waals surface area contributed by atoms with E-state index in [0.717, 1.165) is 23.1 Å². The number of rotatable bonds is 5. The van der Waals surface area contributed by atoms with Gasteiger partial charge in [0.25, 0.3) is 10.0 Å². The Morgan fingerprint density at radius 1 is 1.05 bits per heavy atom. The molecule has 1 N–H and O–H groups in total. The maximum atomic E-state index is 12.4. The Hall–Kier alpha value is -1.52. The highest BCUT2D eigenvalue weighted by Crippen LogP contribution is 2.20. The molecule has 2 aromatic rings. The van der Waals surface area contributed by atoms with Gasteiger partial charge in [-0.25, -0.2) is 8.42 Å². The van der Waals surface area contributed by atoms with E-state index in [4.69, 9.17) is 11.6 Å². The van der Waals surface area contributed by atoms with Gasteiger partial charge in [0.1, 0.15) is 0 Å². The number of anilines is 1. The fraction of sp³-hybridized carbons (Fsp3) is 0.250. The molecular formula is C16H18ClNO2S. The monoisotopic (exact) mass is 323 g/mol. The minimum Gasteiger partial charge on any atom is -0.280 e. The number of hydrogen-bond donors (Lipinski definition) is 1. The van der Waals surface area contributed by atoms with Gasteiger partial charge in [-0.2, -0.15) is 0 Å². The zero-order valence-corrected chi connectivity index (χ0v) is 13.6. The van der Waals surface area contributed by atoms with Gasteiger partial charge in [-0.05, 0) is 49.6 Å². The number of aryl methyl sites for hydroxylation is 3. The van der Waals surface area contributed by atoms with Crippen LogP contribution < -0.4 is 4.72 Å². The SMILES string of the molecule is Cc1ccc(S(=O)(=O)Nc2ccc(CCCl)cc2)c(C)c1. The molecule has 0 aliphatic carbocycles. The predicted octanol–water partition coefficient (Wildman–Crippen LogP) is 3.89. The topological polar surface area (TPSA) is 46.2 Å². The molecule has 5 heteroatoms. The Kier molecular flexibility index (Phi) is 4.91. The van der Waals surface area contributed by atoms with Crippen LogP contribution in [0.2, 0.25) is 0 Å². The summed E-state index contributed by atoms with van der Waals surface area (Å²) in [5.41, 5.74) is 3.41. The van der Waals surface area contributed by atoms with Gasteiger partial charge in [-0.15, -0.1) is 11.6 Å². The molecule has 0 bridgehead atoms. The molecule has 0 radical (unpaired) electrons. The quantitative estimate of drug-likeness (QED) is 0.849. The number of halogens is 1. The van der Waals surface area contributed by atoms with Crippen LogP contribution >= 0.6 is 11.6 Å². The van der Waals surface area contributed by atoms with Crippen LogP contribution in [0.3, 0.4) is 0 Å². The Bertz CT molecular complexity index is 724. The molecule has 0 spiro atoms. The van der Waals surface area contributed by atoms with Gasteiger partial charge < -0.3 is 0 Å². The third-order valence-electron chi connectivity index (χ3n) is 3.21. The van der Waals surface area contributed by atoms with E-state index in [-0.39, 0.29) is 0 Å². The summed E-state index contributed by atoms with van der Waals surface area (Å²) in [6, 6.07) is 12.6. The van der Waals surface area contributed by atoms with Crippen molar-refractivity contribution in [2.45, 2.75) is 25.2 Å². The molecule has 0 aliphatic rings.